The average Bonchev–Trinajstić information content (AvgIpc) is 2.31. The zero-order chi connectivity index (χ0) is 12.8. The highest BCUT2D eigenvalue weighted by molar-refractivity contribution is 5.99. The van der Waals surface area contributed by atoms with Crippen LogP contribution in [0.3, 0.4) is 0 Å². The Hall–Kier alpha value is -1.22. The number of benzene rings is 1. The number of hydrogen-bond acceptors (Lipinski definition) is 2. The predicted molar refractivity (Wildman–Crippen MR) is 65.8 cm³/mol. The molecule has 94 valence electrons. The van der Waals surface area contributed by atoms with Gasteiger partial charge in [-0.2, -0.15) is 0 Å². The molecule has 0 aliphatic rings. The molecule has 0 fully saturated rings. The molecule has 0 aliphatic heterocycles. The van der Waals surface area contributed by atoms with E-state index in [9.17, 15) is 9.18 Å². The second kappa shape index (κ2) is 6.50. The number of hydrogen-bond donors (Lipinski definition) is 0. The van der Waals surface area contributed by atoms with Crippen molar-refractivity contribution in [2.75, 3.05) is 6.61 Å². The van der Waals surface area contributed by atoms with Crippen LogP contribution in [0.1, 0.15) is 42.6 Å². The molecule has 3 heteroatoms. The van der Waals surface area contributed by atoms with Gasteiger partial charge in [-0.1, -0.05) is 25.0 Å². The van der Waals surface area contributed by atoms with Gasteiger partial charge in [-0.05, 0) is 32.4 Å². The fraction of sp³-hybridized carbons (Fsp3) is 0.500. The van der Waals surface area contributed by atoms with Gasteiger partial charge in [0.05, 0.1) is 5.56 Å². The van der Waals surface area contributed by atoms with E-state index in [1.54, 1.807) is 12.1 Å². The first-order valence-corrected chi connectivity index (χ1v) is 6.02. The van der Waals surface area contributed by atoms with Crippen molar-refractivity contribution in [2.45, 2.75) is 39.7 Å². The van der Waals surface area contributed by atoms with Crippen molar-refractivity contribution in [3.05, 3.63) is 35.1 Å². The third-order valence-electron chi connectivity index (χ3n) is 2.60. The maximum Gasteiger partial charge on any atom is 0.194 e. The Morgan fingerprint density at radius 1 is 1.41 bits per heavy atom. The van der Waals surface area contributed by atoms with E-state index >= 15 is 0 Å². The summed E-state index contributed by atoms with van der Waals surface area (Å²) in [6.45, 7) is 6.12. The average molecular weight is 238 g/mol. The molecule has 0 aromatic heterocycles. The Balaban J connectivity index is 2.95. The summed E-state index contributed by atoms with van der Waals surface area (Å²) in [6.07, 6.45) is 0.936. The quantitative estimate of drug-likeness (QED) is 0.709. The number of Topliss-reactive ketones (excluding diaryl/α,β-unsaturated/α-hetero) is 1. The molecular weight excluding hydrogens is 219 g/mol. The molecule has 0 amide bonds. The summed E-state index contributed by atoms with van der Waals surface area (Å²) in [4.78, 5) is 12.1. The highest BCUT2D eigenvalue weighted by atomic mass is 19.1. The lowest BCUT2D eigenvalue weighted by molar-refractivity contribution is 0.0419. The van der Waals surface area contributed by atoms with E-state index in [0.29, 0.717) is 13.0 Å². The normalized spacial score (nSPS) is 12.5. The molecule has 0 radical (unpaired) electrons. The number of carbonyl (C=O) groups excluding carboxylic acids is 1. The number of rotatable bonds is 6. The minimum absolute atomic E-state index is 0.136. The van der Waals surface area contributed by atoms with Gasteiger partial charge in [-0.3, -0.25) is 4.79 Å². The van der Waals surface area contributed by atoms with Crippen molar-refractivity contribution in [3.8, 4) is 0 Å². The monoisotopic (exact) mass is 238 g/mol. The van der Waals surface area contributed by atoms with E-state index in [4.69, 9.17) is 4.74 Å². The van der Waals surface area contributed by atoms with E-state index in [-0.39, 0.29) is 11.3 Å². The molecule has 1 rings (SSSR count). The SMILES string of the molecule is CCCC(OCC)C(=O)c1cc(C)ccc1F. The first-order chi connectivity index (χ1) is 8.10. The molecular formula is C14H19FO2. The van der Waals surface area contributed by atoms with Crippen LogP contribution in [0, 0.1) is 12.7 Å². The van der Waals surface area contributed by atoms with E-state index in [1.165, 1.54) is 6.07 Å². The predicted octanol–water partition coefficient (Wildman–Crippen LogP) is 3.52. The Morgan fingerprint density at radius 2 is 2.12 bits per heavy atom. The third kappa shape index (κ3) is 3.63. The fourth-order valence-electron chi connectivity index (χ4n) is 1.75. The topological polar surface area (TPSA) is 26.3 Å². The van der Waals surface area contributed by atoms with Crippen LogP contribution in [-0.2, 0) is 4.74 Å². The largest absolute Gasteiger partial charge is 0.370 e. The minimum atomic E-state index is -0.527. The van der Waals surface area contributed by atoms with Crippen molar-refractivity contribution in [1.82, 2.24) is 0 Å². The fourth-order valence-corrected chi connectivity index (χ4v) is 1.75. The van der Waals surface area contributed by atoms with Crippen LogP contribution < -0.4 is 0 Å². The van der Waals surface area contributed by atoms with Crippen molar-refractivity contribution in [3.63, 3.8) is 0 Å². The summed E-state index contributed by atoms with van der Waals surface area (Å²) in [6, 6.07) is 4.57. The Kier molecular flexibility index (Phi) is 5.29. The number of aryl methyl sites for hydroxylation is 1. The van der Waals surface area contributed by atoms with Crippen LogP contribution in [0.2, 0.25) is 0 Å². The van der Waals surface area contributed by atoms with Crippen LogP contribution in [0.15, 0.2) is 18.2 Å². The molecule has 2 nitrogen and oxygen atoms in total. The summed E-state index contributed by atoms with van der Waals surface area (Å²) in [5.41, 5.74) is 1.01. The Bertz CT molecular complexity index is 382. The Morgan fingerprint density at radius 3 is 2.71 bits per heavy atom. The van der Waals surface area contributed by atoms with Crippen molar-refractivity contribution in [2.24, 2.45) is 0 Å². The van der Waals surface area contributed by atoms with Gasteiger partial charge in [-0.25, -0.2) is 4.39 Å². The molecule has 0 saturated carbocycles. The minimum Gasteiger partial charge on any atom is -0.370 e. The molecule has 0 spiro atoms. The second-order valence-electron chi connectivity index (χ2n) is 4.08. The third-order valence-corrected chi connectivity index (χ3v) is 2.60. The van der Waals surface area contributed by atoms with Crippen LogP contribution in [0.4, 0.5) is 4.39 Å². The number of halogens is 1. The van der Waals surface area contributed by atoms with Gasteiger partial charge >= 0.3 is 0 Å². The number of carbonyl (C=O) groups is 1. The molecule has 1 aromatic rings. The summed E-state index contributed by atoms with van der Waals surface area (Å²) >= 11 is 0. The molecule has 0 saturated heterocycles. The van der Waals surface area contributed by atoms with E-state index in [2.05, 4.69) is 0 Å². The second-order valence-corrected chi connectivity index (χ2v) is 4.08. The van der Waals surface area contributed by atoms with Gasteiger partial charge < -0.3 is 4.74 Å². The van der Waals surface area contributed by atoms with Crippen molar-refractivity contribution in [1.29, 1.82) is 0 Å². The van der Waals surface area contributed by atoms with Crippen LogP contribution in [0.25, 0.3) is 0 Å². The summed E-state index contributed by atoms with van der Waals surface area (Å²) in [5.74, 6) is -0.726. The van der Waals surface area contributed by atoms with Gasteiger partial charge in [0.25, 0.3) is 0 Å². The highest BCUT2D eigenvalue weighted by Crippen LogP contribution is 2.16. The molecule has 1 unspecified atom stereocenters. The first kappa shape index (κ1) is 13.8. The van der Waals surface area contributed by atoms with E-state index in [0.717, 1.165) is 12.0 Å². The lowest BCUT2D eigenvalue weighted by atomic mass is 10.0. The maximum atomic E-state index is 13.6. The van der Waals surface area contributed by atoms with Gasteiger partial charge in [0.1, 0.15) is 11.9 Å². The summed E-state index contributed by atoms with van der Waals surface area (Å²) < 4.78 is 19.0. The summed E-state index contributed by atoms with van der Waals surface area (Å²) in [5, 5.41) is 0. The van der Waals surface area contributed by atoms with Gasteiger partial charge in [0.15, 0.2) is 5.78 Å². The smallest absolute Gasteiger partial charge is 0.194 e. The molecule has 0 bridgehead atoms. The molecule has 1 aromatic carbocycles. The number of ether oxygens (including phenoxy) is 1. The van der Waals surface area contributed by atoms with E-state index < -0.39 is 11.9 Å². The van der Waals surface area contributed by atoms with Crippen LogP contribution in [-0.4, -0.2) is 18.5 Å². The maximum absolute atomic E-state index is 13.6. The molecule has 0 heterocycles. The number of ketones is 1. The molecule has 0 N–H and O–H groups in total. The summed E-state index contributed by atoms with van der Waals surface area (Å²) in [7, 11) is 0. The van der Waals surface area contributed by atoms with Crippen molar-refractivity contribution < 1.29 is 13.9 Å². The van der Waals surface area contributed by atoms with Gasteiger partial charge in [0.2, 0.25) is 0 Å². The van der Waals surface area contributed by atoms with Crippen LogP contribution >= 0.6 is 0 Å². The molecule has 0 aliphatic carbocycles. The first-order valence-electron chi connectivity index (χ1n) is 6.02. The zero-order valence-corrected chi connectivity index (χ0v) is 10.6. The van der Waals surface area contributed by atoms with Gasteiger partial charge in [0, 0.05) is 6.61 Å². The van der Waals surface area contributed by atoms with Crippen molar-refractivity contribution >= 4 is 5.78 Å². The standard InChI is InChI=1S/C14H19FO2/c1-4-6-13(17-5-2)14(16)11-9-10(3)7-8-12(11)15/h7-9,13H,4-6H2,1-3H3. The van der Waals surface area contributed by atoms with Crippen LogP contribution in [0.5, 0.6) is 0 Å². The lowest BCUT2D eigenvalue weighted by Crippen LogP contribution is -2.25. The lowest BCUT2D eigenvalue weighted by Gasteiger charge is -2.15. The molecule has 17 heavy (non-hydrogen) atoms. The Labute approximate surface area is 102 Å². The molecule has 1 atom stereocenters. The highest BCUT2D eigenvalue weighted by Gasteiger charge is 2.22. The van der Waals surface area contributed by atoms with Gasteiger partial charge in [-0.15, -0.1) is 0 Å². The zero-order valence-electron chi connectivity index (χ0n) is 10.6. The van der Waals surface area contributed by atoms with E-state index in [1.807, 2.05) is 20.8 Å².